The van der Waals surface area contributed by atoms with Gasteiger partial charge in [0.05, 0.1) is 0 Å². The van der Waals surface area contributed by atoms with Crippen molar-refractivity contribution in [2.24, 2.45) is 0 Å². The number of hydrogen-bond acceptors (Lipinski definition) is 2. The normalized spacial score (nSPS) is 26.5. The molecule has 0 aromatic heterocycles. The van der Waals surface area contributed by atoms with E-state index in [0.29, 0.717) is 12.1 Å². The van der Waals surface area contributed by atoms with E-state index in [1.54, 1.807) is 0 Å². The van der Waals surface area contributed by atoms with Crippen molar-refractivity contribution in [1.29, 1.82) is 0 Å². The van der Waals surface area contributed by atoms with E-state index in [9.17, 15) is 0 Å². The van der Waals surface area contributed by atoms with E-state index in [4.69, 9.17) is 0 Å². The van der Waals surface area contributed by atoms with Gasteiger partial charge in [-0.15, -0.1) is 0 Å². The largest absolute Gasteiger partial charge is 0.306 e. The molecule has 0 saturated carbocycles. The highest BCUT2D eigenvalue weighted by molar-refractivity contribution is 7.99. The lowest BCUT2D eigenvalue weighted by atomic mass is 10.0. The molecule has 1 aliphatic heterocycles. The maximum Gasteiger partial charge on any atom is 0.0416 e. The minimum atomic E-state index is 0.551. The van der Waals surface area contributed by atoms with Gasteiger partial charge in [0.15, 0.2) is 0 Å². The van der Waals surface area contributed by atoms with Gasteiger partial charge < -0.3 is 5.32 Å². The Balaban J connectivity index is 2.13. The molecule has 0 amide bonds. The van der Waals surface area contributed by atoms with E-state index in [0.717, 1.165) is 0 Å². The van der Waals surface area contributed by atoms with E-state index in [-0.39, 0.29) is 0 Å². The molecule has 2 rings (SSSR count). The third kappa shape index (κ3) is 2.56. The van der Waals surface area contributed by atoms with Crippen molar-refractivity contribution in [3.8, 4) is 0 Å². The summed E-state index contributed by atoms with van der Waals surface area (Å²) in [4.78, 5) is 0. The van der Waals surface area contributed by atoms with Crippen LogP contribution in [0.4, 0.5) is 0 Å². The zero-order valence-corrected chi connectivity index (χ0v) is 10.3. The Labute approximate surface area is 96.7 Å². The fourth-order valence-corrected chi connectivity index (χ4v) is 3.37. The topological polar surface area (TPSA) is 12.0 Å². The van der Waals surface area contributed by atoms with E-state index in [1.807, 2.05) is 0 Å². The highest BCUT2D eigenvalue weighted by Gasteiger charge is 2.21. The molecule has 1 aromatic carbocycles. The summed E-state index contributed by atoms with van der Waals surface area (Å²) >= 11 is 2.08. The van der Waals surface area contributed by atoms with Crippen LogP contribution in [0.1, 0.15) is 30.5 Å². The van der Waals surface area contributed by atoms with Crippen LogP contribution in [-0.2, 0) is 0 Å². The van der Waals surface area contributed by atoms with Crippen molar-refractivity contribution >= 4 is 11.8 Å². The Morgan fingerprint density at radius 2 is 2.13 bits per heavy atom. The Hall–Kier alpha value is -0.470. The lowest BCUT2D eigenvalue weighted by Gasteiger charge is -2.31. The monoisotopic (exact) mass is 221 g/mol. The molecule has 1 heterocycles. The number of benzene rings is 1. The summed E-state index contributed by atoms with van der Waals surface area (Å²) in [5, 5.41) is 3.74. The van der Waals surface area contributed by atoms with Gasteiger partial charge in [0.1, 0.15) is 0 Å². The molecule has 0 radical (unpaired) electrons. The van der Waals surface area contributed by atoms with Crippen molar-refractivity contribution in [2.45, 2.75) is 32.4 Å². The first kappa shape index (κ1) is 11.0. The number of nitrogens with one attached hydrogen (secondary N) is 1. The molecule has 2 heteroatoms. The Morgan fingerprint density at radius 3 is 2.87 bits per heavy atom. The molecular weight excluding hydrogens is 202 g/mol. The fourth-order valence-electron chi connectivity index (χ4n) is 2.10. The average Bonchev–Trinajstić information content (AvgIpc) is 2.30. The molecule has 0 spiro atoms. The van der Waals surface area contributed by atoms with Crippen molar-refractivity contribution in [2.75, 3.05) is 11.5 Å². The number of thioether (sulfide) groups is 1. The highest BCUT2D eigenvalue weighted by atomic mass is 32.2. The second-order valence-electron chi connectivity index (χ2n) is 4.22. The van der Waals surface area contributed by atoms with Crippen LogP contribution in [-0.4, -0.2) is 17.5 Å². The Kier molecular flexibility index (Phi) is 3.71. The van der Waals surface area contributed by atoms with Crippen LogP contribution in [0.25, 0.3) is 0 Å². The molecule has 1 nitrogen and oxygen atoms in total. The van der Waals surface area contributed by atoms with Gasteiger partial charge in [-0.25, -0.2) is 0 Å². The Bertz CT molecular complexity index is 324. The summed E-state index contributed by atoms with van der Waals surface area (Å²) in [7, 11) is 0. The van der Waals surface area contributed by atoms with Gasteiger partial charge in [-0.2, -0.15) is 11.8 Å². The van der Waals surface area contributed by atoms with Crippen molar-refractivity contribution in [3.63, 3.8) is 0 Å². The SMILES string of the molecule is CCC1CSCC(c2ccccc2C)N1. The van der Waals surface area contributed by atoms with Crippen molar-refractivity contribution < 1.29 is 0 Å². The van der Waals surface area contributed by atoms with Gasteiger partial charge in [-0.1, -0.05) is 31.2 Å². The molecular formula is C13H19NS. The molecule has 2 atom stereocenters. The van der Waals surface area contributed by atoms with Crippen LogP contribution in [0.2, 0.25) is 0 Å². The van der Waals surface area contributed by atoms with Crippen LogP contribution >= 0.6 is 11.8 Å². The fraction of sp³-hybridized carbons (Fsp3) is 0.538. The summed E-state index contributed by atoms with van der Waals surface area (Å²) < 4.78 is 0. The summed E-state index contributed by atoms with van der Waals surface area (Å²) in [5.74, 6) is 2.47. The van der Waals surface area contributed by atoms with Gasteiger partial charge >= 0.3 is 0 Å². The highest BCUT2D eigenvalue weighted by Crippen LogP contribution is 2.27. The van der Waals surface area contributed by atoms with E-state index in [1.165, 1.54) is 29.1 Å². The number of aryl methyl sites for hydroxylation is 1. The molecule has 2 unspecified atom stereocenters. The van der Waals surface area contributed by atoms with Crippen LogP contribution < -0.4 is 5.32 Å². The van der Waals surface area contributed by atoms with Crippen LogP contribution in [0.5, 0.6) is 0 Å². The van der Waals surface area contributed by atoms with Crippen molar-refractivity contribution in [1.82, 2.24) is 5.32 Å². The van der Waals surface area contributed by atoms with Gasteiger partial charge in [0, 0.05) is 23.6 Å². The predicted molar refractivity (Wildman–Crippen MR) is 68.5 cm³/mol. The smallest absolute Gasteiger partial charge is 0.0416 e. The molecule has 1 aliphatic rings. The third-order valence-corrected chi connectivity index (χ3v) is 4.30. The lowest BCUT2D eigenvalue weighted by Crippen LogP contribution is -2.39. The quantitative estimate of drug-likeness (QED) is 0.823. The minimum absolute atomic E-state index is 0.551. The predicted octanol–water partition coefficient (Wildman–Crippen LogP) is 3.15. The maximum atomic E-state index is 3.74. The van der Waals surface area contributed by atoms with Crippen LogP contribution in [0.3, 0.4) is 0 Å². The minimum Gasteiger partial charge on any atom is -0.306 e. The Morgan fingerprint density at radius 1 is 1.33 bits per heavy atom. The molecule has 0 bridgehead atoms. The first-order valence-corrected chi connectivity index (χ1v) is 6.86. The third-order valence-electron chi connectivity index (χ3n) is 3.10. The summed E-state index contributed by atoms with van der Waals surface area (Å²) in [5.41, 5.74) is 2.88. The van der Waals surface area contributed by atoms with Crippen LogP contribution in [0, 0.1) is 6.92 Å². The molecule has 1 fully saturated rings. The van der Waals surface area contributed by atoms with Crippen molar-refractivity contribution in [3.05, 3.63) is 35.4 Å². The molecule has 1 saturated heterocycles. The summed E-state index contributed by atoms with van der Waals surface area (Å²) in [6.45, 7) is 4.47. The van der Waals surface area contributed by atoms with Gasteiger partial charge in [0.25, 0.3) is 0 Å². The maximum absolute atomic E-state index is 3.74. The van der Waals surface area contributed by atoms with E-state index >= 15 is 0 Å². The average molecular weight is 221 g/mol. The number of rotatable bonds is 2. The number of hydrogen-bond donors (Lipinski definition) is 1. The van der Waals surface area contributed by atoms with Crippen LogP contribution in [0.15, 0.2) is 24.3 Å². The molecule has 82 valence electrons. The summed E-state index contributed by atoms with van der Waals surface area (Å²) in [6.07, 6.45) is 1.23. The van der Waals surface area contributed by atoms with E-state index < -0.39 is 0 Å². The second kappa shape index (κ2) is 5.04. The summed E-state index contributed by atoms with van der Waals surface area (Å²) in [6, 6.07) is 9.96. The zero-order chi connectivity index (χ0) is 10.7. The van der Waals surface area contributed by atoms with Gasteiger partial charge in [-0.3, -0.25) is 0 Å². The van der Waals surface area contributed by atoms with E-state index in [2.05, 4.69) is 55.2 Å². The molecule has 15 heavy (non-hydrogen) atoms. The van der Waals surface area contributed by atoms with Gasteiger partial charge in [-0.05, 0) is 24.5 Å². The first-order chi connectivity index (χ1) is 7.31. The van der Waals surface area contributed by atoms with Gasteiger partial charge in [0.2, 0.25) is 0 Å². The molecule has 0 aliphatic carbocycles. The first-order valence-electron chi connectivity index (χ1n) is 5.70. The standard InChI is InChI=1S/C13H19NS/c1-3-11-8-15-9-13(14-11)12-7-5-4-6-10(12)2/h4-7,11,13-14H,3,8-9H2,1-2H3. The second-order valence-corrected chi connectivity index (χ2v) is 5.29. The molecule has 1 aromatic rings. The molecule has 1 N–H and O–H groups in total. The lowest BCUT2D eigenvalue weighted by molar-refractivity contribution is 0.465. The zero-order valence-electron chi connectivity index (χ0n) is 9.49.